The average molecular weight is 379 g/mol. The Labute approximate surface area is 160 Å². The number of methoxy groups -OCH3 is 1. The van der Waals surface area contributed by atoms with E-state index in [2.05, 4.69) is 24.1 Å². The molecule has 1 fully saturated rings. The Morgan fingerprint density at radius 2 is 2.00 bits per heavy atom. The Morgan fingerprint density at radius 3 is 2.56 bits per heavy atom. The first kappa shape index (κ1) is 21.1. The Balaban J connectivity index is 2.14. The lowest BCUT2D eigenvalue weighted by atomic mass is 9.92. The minimum absolute atomic E-state index is 0.134. The second-order valence-electron chi connectivity index (χ2n) is 6.64. The number of nitrogens with one attached hydrogen (secondary N) is 1. The molecule has 1 atom stereocenters. The molecule has 1 aromatic carbocycles. The molecule has 150 valence electrons. The van der Waals surface area contributed by atoms with Gasteiger partial charge in [0.05, 0.1) is 30.8 Å². The third-order valence-corrected chi connectivity index (χ3v) is 5.22. The van der Waals surface area contributed by atoms with Crippen LogP contribution in [0.5, 0.6) is 5.75 Å². The van der Waals surface area contributed by atoms with E-state index in [9.17, 15) is 14.9 Å². The Bertz CT molecular complexity index is 642. The van der Waals surface area contributed by atoms with Crippen LogP contribution in [0, 0.1) is 16.0 Å². The van der Waals surface area contributed by atoms with Crippen molar-refractivity contribution < 1.29 is 19.2 Å². The Kier molecular flexibility index (Phi) is 7.99. The van der Waals surface area contributed by atoms with Crippen LogP contribution < -0.4 is 10.1 Å². The summed E-state index contributed by atoms with van der Waals surface area (Å²) >= 11 is 0. The van der Waals surface area contributed by atoms with Gasteiger partial charge in [0.2, 0.25) is 0 Å². The number of non-ortho nitro benzene ring substituents is 1. The first-order valence-electron chi connectivity index (χ1n) is 9.44. The van der Waals surface area contributed by atoms with Gasteiger partial charge in [-0.3, -0.25) is 19.8 Å². The lowest BCUT2D eigenvalue weighted by Gasteiger charge is -2.38. The molecule has 1 aliphatic heterocycles. The van der Waals surface area contributed by atoms with Crippen molar-refractivity contribution in [1.29, 1.82) is 0 Å². The second kappa shape index (κ2) is 10.2. The SMILES string of the molecule is CCC(CC)C(CNC(=O)c1cc([N+](=O)[O-])ccc1OC)N1CCOCC1. The number of nitrogens with zero attached hydrogens (tertiary/aromatic N) is 2. The summed E-state index contributed by atoms with van der Waals surface area (Å²) in [7, 11) is 1.44. The van der Waals surface area contributed by atoms with E-state index in [0.29, 0.717) is 31.4 Å². The number of ether oxygens (including phenoxy) is 2. The number of rotatable bonds is 9. The lowest BCUT2D eigenvalue weighted by Crippen LogP contribution is -2.52. The number of nitro groups is 1. The van der Waals surface area contributed by atoms with E-state index in [-0.39, 0.29) is 23.2 Å². The summed E-state index contributed by atoms with van der Waals surface area (Å²) in [6.45, 7) is 7.89. The van der Waals surface area contributed by atoms with Crippen molar-refractivity contribution in [2.75, 3.05) is 40.0 Å². The molecule has 8 nitrogen and oxygen atoms in total. The van der Waals surface area contributed by atoms with Gasteiger partial charge in [0.25, 0.3) is 11.6 Å². The Morgan fingerprint density at radius 1 is 1.33 bits per heavy atom. The number of morpholine rings is 1. The van der Waals surface area contributed by atoms with Crippen LogP contribution in [0.3, 0.4) is 0 Å². The Hall–Kier alpha value is -2.19. The first-order chi connectivity index (χ1) is 13.0. The van der Waals surface area contributed by atoms with Gasteiger partial charge in [-0.05, 0) is 12.0 Å². The van der Waals surface area contributed by atoms with Crippen LogP contribution in [-0.2, 0) is 4.74 Å². The highest BCUT2D eigenvalue weighted by molar-refractivity contribution is 5.97. The van der Waals surface area contributed by atoms with Gasteiger partial charge in [0.15, 0.2) is 0 Å². The highest BCUT2D eigenvalue weighted by atomic mass is 16.6. The van der Waals surface area contributed by atoms with Gasteiger partial charge in [-0.25, -0.2) is 0 Å². The van der Waals surface area contributed by atoms with E-state index < -0.39 is 4.92 Å². The molecule has 0 saturated carbocycles. The summed E-state index contributed by atoms with van der Waals surface area (Å²) in [6, 6.07) is 4.25. The number of hydrogen-bond acceptors (Lipinski definition) is 6. The third kappa shape index (κ3) is 5.40. The van der Waals surface area contributed by atoms with Crippen molar-refractivity contribution in [2.24, 2.45) is 5.92 Å². The number of benzene rings is 1. The monoisotopic (exact) mass is 379 g/mol. The standard InChI is InChI=1S/C19H29N3O5/c1-4-14(5-2)17(21-8-10-27-11-9-21)13-20-19(23)16-12-15(22(24)25)6-7-18(16)26-3/h6-7,12,14,17H,4-5,8-11,13H2,1-3H3,(H,20,23). The van der Waals surface area contributed by atoms with E-state index in [1.165, 1.54) is 25.3 Å². The molecular formula is C19H29N3O5. The topological polar surface area (TPSA) is 93.9 Å². The number of hydrogen-bond donors (Lipinski definition) is 1. The van der Waals surface area contributed by atoms with Gasteiger partial charge in [0, 0.05) is 37.8 Å². The van der Waals surface area contributed by atoms with Gasteiger partial charge in [-0.15, -0.1) is 0 Å². The third-order valence-electron chi connectivity index (χ3n) is 5.22. The minimum atomic E-state index is -0.517. The van der Waals surface area contributed by atoms with Crippen molar-refractivity contribution in [2.45, 2.75) is 32.7 Å². The lowest BCUT2D eigenvalue weighted by molar-refractivity contribution is -0.384. The maximum absolute atomic E-state index is 12.7. The zero-order chi connectivity index (χ0) is 19.8. The van der Waals surface area contributed by atoms with Crippen LogP contribution in [0.25, 0.3) is 0 Å². The smallest absolute Gasteiger partial charge is 0.270 e. The molecule has 0 radical (unpaired) electrons. The molecule has 1 aliphatic rings. The largest absolute Gasteiger partial charge is 0.496 e. The van der Waals surface area contributed by atoms with Crippen molar-refractivity contribution in [3.05, 3.63) is 33.9 Å². The molecule has 27 heavy (non-hydrogen) atoms. The molecule has 2 rings (SSSR count). The van der Waals surface area contributed by atoms with Crippen LogP contribution in [0.1, 0.15) is 37.0 Å². The quantitative estimate of drug-likeness (QED) is 0.523. The maximum atomic E-state index is 12.7. The predicted octanol–water partition coefficient (Wildman–Crippen LogP) is 2.47. The van der Waals surface area contributed by atoms with Crippen molar-refractivity contribution in [1.82, 2.24) is 10.2 Å². The summed E-state index contributed by atoms with van der Waals surface area (Å²) in [6.07, 6.45) is 2.04. The van der Waals surface area contributed by atoms with E-state index in [1.807, 2.05) is 0 Å². The fourth-order valence-corrected chi connectivity index (χ4v) is 3.62. The molecule has 0 bridgehead atoms. The highest BCUT2D eigenvalue weighted by Gasteiger charge is 2.28. The van der Waals surface area contributed by atoms with Crippen molar-refractivity contribution in [3.8, 4) is 5.75 Å². The zero-order valence-electron chi connectivity index (χ0n) is 16.3. The van der Waals surface area contributed by atoms with E-state index in [4.69, 9.17) is 9.47 Å². The van der Waals surface area contributed by atoms with Gasteiger partial charge < -0.3 is 14.8 Å². The van der Waals surface area contributed by atoms with Crippen molar-refractivity contribution >= 4 is 11.6 Å². The summed E-state index contributed by atoms with van der Waals surface area (Å²) in [5.41, 5.74) is 0.0441. The summed E-state index contributed by atoms with van der Waals surface area (Å²) in [5.74, 6) is 0.415. The molecule has 0 spiro atoms. The van der Waals surface area contributed by atoms with Crippen LogP contribution in [0.15, 0.2) is 18.2 Å². The van der Waals surface area contributed by atoms with Gasteiger partial charge in [-0.2, -0.15) is 0 Å². The van der Waals surface area contributed by atoms with Gasteiger partial charge >= 0.3 is 0 Å². The fraction of sp³-hybridized carbons (Fsp3) is 0.632. The molecule has 1 saturated heterocycles. The fourth-order valence-electron chi connectivity index (χ4n) is 3.62. The van der Waals surface area contributed by atoms with Crippen LogP contribution in [0.2, 0.25) is 0 Å². The molecule has 1 unspecified atom stereocenters. The average Bonchev–Trinajstić information content (AvgIpc) is 2.70. The summed E-state index contributed by atoms with van der Waals surface area (Å²) < 4.78 is 10.7. The normalized spacial score (nSPS) is 16.1. The second-order valence-corrected chi connectivity index (χ2v) is 6.64. The molecule has 1 amide bonds. The summed E-state index contributed by atoms with van der Waals surface area (Å²) in [4.78, 5) is 25.6. The molecule has 8 heteroatoms. The van der Waals surface area contributed by atoms with Gasteiger partial charge in [-0.1, -0.05) is 26.7 Å². The van der Waals surface area contributed by atoms with Crippen LogP contribution in [-0.4, -0.2) is 61.7 Å². The molecular weight excluding hydrogens is 350 g/mol. The molecule has 0 aliphatic carbocycles. The number of carbonyl (C=O) groups excluding carboxylic acids is 1. The zero-order valence-corrected chi connectivity index (χ0v) is 16.3. The first-order valence-corrected chi connectivity index (χ1v) is 9.44. The van der Waals surface area contributed by atoms with Crippen LogP contribution >= 0.6 is 0 Å². The predicted molar refractivity (Wildman–Crippen MR) is 102 cm³/mol. The molecule has 1 N–H and O–H groups in total. The van der Waals surface area contributed by atoms with E-state index in [1.54, 1.807) is 0 Å². The summed E-state index contributed by atoms with van der Waals surface area (Å²) in [5, 5.41) is 14.0. The van der Waals surface area contributed by atoms with Gasteiger partial charge in [0.1, 0.15) is 5.75 Å². The van der Waals surface area contributed by atoms with E-state index >= 15 is 0 Å². The number of carbonyl (C=O) groups is 1. The van der Waals surface area contributed by atoms with Crippen molar-refractivity contribution in [3.63, 3.8) is 0 Å². The molecule has 0 aromatic heterocycles. The number of amides is 1. The van der Waals surface area contributed by atoms with E-state index in [0.717, 1.165) is 25.9 Å². The molecule has 1 heterocycles. The number of nitro benzene ring substituents is 1. The minimum Gasteiger partial charge on any atom is -0.496 e. The van der Waals surface area contributed by atoms with Crippen LogP contribution in [0.4, 0.5) is 5.69 Å². The molecule has 1 aromatic rings. The highest BCUT2D eigenvalue weighted by Crippen LogP contribution is 2.24. The maximum Gasteiger partial charge on any atom is 0.270 e.